The lowest BCUT2D eigenvalue weighted by Crippen LogP contribution is -2.28. The summed E-state index contributed by atoms with van der Waals surface area (Å²) in [7, 11) is -2.61. The number of aromatic amines is 1. The van der Waals surface area contributed by atoms with Crippen LogP contribution in [-0.2, 0) is 16.6 Å². The van der Waals surface area contributed by atoms with Crippen LogP contribution in [0.5, 0.6) is 0 Å². The number of hydrogen-bond acceptors (Lipinski definition) is 6. The molecule has 0 atom stereocenters. The number of amides is 1. The zero-order chi connectivity index (χ0) is 22.9. The maximum Gasteiger partial charge on any atom is 0.268 e. The summed E-state index contributed by atoms with van der Waals surface area (Å²) in [4.78, 5) is 33.1. The zero-order valence-electron chi connectivity index (χ0n) is 16.7. The Hall–Kier alpha value is -3.57. The van der Waals surface area contributed by atoms with Crippen LogP contribution in [0.1, 0.15) is 16.2 Å². The lowest BCUT2D eigenvalue weighted by Gasteiger charge is -2.17. The number of anilines is 1. The van der Waals surface area contributed by atoms with Crippen LogP contribution in [-0.4, -0.2) is 36.2 Å². The van der Waals surface area contributed by atoms with Crippen LogP contribution in [0.2, 0.25) is 0 Å². The minimum atomic E-state index is -4.12. The van der Waals surface area contributed by atoms with Crippen LogP contribution in [0.25, 0.3) is 10.2 Å². The Morgan fingerprint density at radius 2 is 1.97 bits per heavy atom. The second-order valence-corrected chi connectivity index (χ2v) is 9.52. The third-order valence-electron chi connectivity index (χ3n) is 4.61. The molecule has 4 aromatic rings. The number of nitrogens with zero attached hydrogens (tertiary/aromatic N) is 2. The van der Waals surface area contributed by atoms with Gasteiger partial charge in [-0.2, -0.15) is 0 Å². The number of aromatic nitrogens is 2. The Morgan fingerprint density at radius 1 is 1.19 bits per heavy atom. The van der Waals surface area contributed by atoms with Crippen LogP contribution in [0.15, 0.2) is 69.7 Å². The molecule has 0 unspecified atom stereocenters. The summed E-state index contributed by atoms with van der Waals surface area (Å²) in [5, 5.41) is 1.76. The van der Waals surface area contributed by atoms with E-state index in [1.165, 1.54) is 65.7 Å². The van der Waals surface area contributed by atoms with E-state index in [0.29, 0.717) is 16.0 Å². The van der Waals surface area contributed by atoms with E-state index in [2.05, 4.69) is 14.7 Å². The number of fused-ring (bicyclic) bond motifs is 1. The van der Waals surface area contributed by atoms with E-state index in [1.54, 1.807) is 11.4 Å². The number of carbonyl (C=O) groups excluding carboxylic acids is 1. The fourth-order valence-corrected chi connectivity index (χ4v) is 4.90. The minimum Gasteiger partial charge on any atom is -0.334 e. The third-order valence-corrected chi connectivity index (χ3v) is 6.87. The molecule has 4 rings (SSSR count). The van der Waals surface area contributed by atoms with Gasteiger partial charge in [-0.05, 0) is 41.8 Å². The van der Waals surface area contributed by atoms with E-state index in [0.717, 1.165) is 6.07 Å². The van der Waals surface area contributed by atoms with E-state index in [1.807, 2.05) is 0 Å². The molecule has 0 aliphatic rings. The number of rotatable bonds is 6. The Bertz CT molecular complexity index is 1480. The monoisotopic (exact) mass is 472 g/mol. The van der Waals surface area contributed by atoms with Gasteiger partial charge in [-0.1, -0.05) is 18.2 Å². The van der Waals surface area contributed by atoms with Gasteiger partial charge in [-0.3, -0.25) is 14.3 Å². The number of H-pyrrole nitrogens is 1. The van der Waals surface area contributed by atoms with Crippen molar-refractivity contribution in [3.63, 3.8) is 0 Å². The van der Waals surface area contributed by atoms with Crippen molar-refractivity contribution in [2.75, 3.05) is 11.8 Å². The lowest BCUT2D eigenvalue weighted by atomic mass is 10.2. The van der Waals surface area contributed by atoms with E-state index < -0.39 is 21.7 Å². The molecule has 8 nitrogen and oxygen atoms in total. The van der Waals surface area contributed by atoms with Crippen molar-refractivity contribution in [3.8, 4) is 0 Å². The summed E-state index contributed by atoms with van der Waals surface area (Å²) in [5.41, 5.74) is 0.179. The molecule has 0 saturated heterocycles. The van der Waals surface area contributed by atoms with Crippen molar-refractivity contribution in [2.24, 2.45) is 0 Å². The number of benzene rings is 2. The smallest absolute Gasteiger partial charge is 0.268 e. The van der Waals surface area contributed by atoms with E-state index in [-0.39, 0.29) is 28.3 Å². The number of sulfonamides is 1. The van der Waals surface area contributed by atoms with Gasteiger partial charge in [-0.25, -0.2) is 17.8 Å². The highest BCUT2D eigenvalue weighted by molar-refractivity contribution is 7.92. The van der Waals surface area contributed by atoms with Crippen molar-refractivity contribution in [3.05, 3.63) is 87.5 Å². The maximum absolute atomic E-state index is 13.8. The summed E-state index contributed by atoms with van der Waals surface area (Å²) in [5.74, 6) is -0.880. The van der Waals surface area contributed by atoms with Gasteiger partial charge in [0.2, 0.25) is 0 Å². The van der Waals surface area contributed by atoms with Gasteiger partial charge in [-0.15, -0.1) is 11.3 Å². The quantitative estimate of drug-likeness (QED) is 0.448. The van der Waals surface area contributed by atoms with Crippen molar-refractivity contribution in [1.29, 1.82) is 0 Å². The number of thiophene rings is 1. The van der Waals surface area contributed by atoms with Crippen molar-refractivity contribution in [2.45, 2.75) is 11.4 Å². The number of halogens is 1. The second-order valence-electron chi connectivity index (χ2n) is 6.92. The molecule has 0 aliphatic heterocycles. The topological polar surface area (TPSA) is 112 Å². The maximum atomic E-state index is 13.8. The molecule has 0 aliphatic carbocycles. The average Bonchev–Trinajstić information content (AvgIpc) is 3.24. The van der Waals surface area contributed by atoms with Gasteiger partial charge >= 0.3 is 0 Å². The van der Waals surface area contributed by atoms with Crippen LogP contribution in [0.4, 0.5) is 10.1 Å². The molecule has 0 bridgehead atoms. The Morgan fingerprint density at radius 3 is 2.75 bits per heavy atom. The highest BCUT2D eigenvalue weighted by Gasteiger charge is 2.20. The van der Waals surface area contributed by atoms with Crippen LogP contribution in [0.3, 0.4) is 0 Å². The second kappa shape index (κ2) is 8.52. The zero-order valence-corrected chi connectivity index (χ0v) is 18.3. The Labute approximate surface area is 186 Å². The van der Waals surface area contributed by atoms with E-state index in [4.69, 9.17) is 0 Å². The molecule has 164 valence electrons. The fourth-order valence-electron chi connectivity index (χ4n) is 3.06. The van der Waals surface area contributed by atoms with Gasteiger partial charge < -0.3 is 9.88 Å². The molecule has 2 aromatic carbocycles. The first kappa shape index (κ1) is 21.7. The molecule has 2 N–H and O–H groups in total. The van der Waals surface area contributed by atoms with Gasteiger partial charge in [0.05, 0.1) is 22.6 Å². The highest BCUT2D eigenvalue weighted by atomic mass is 32.2. The van der Waals surface area contributed by atoms with E-state index in [9.17, 15) is 22.4 Å². The number of nitrogens with one attached hydrogen (secondary N) is 2. The number of hydrogen-bond donors (Lipinski definition) is 2. The molecule has 2 heterocycles. The van der Waals surface area contributed by atoms with Crippen molar-refractivity contribution in [1.82, 2.24) is 14.9 Å². The standard InChI is InChI=1S/C21H17FN4O4S2/c1-26(12-18-23-17-9-10-31-19(17)20(27)24-18)21(28)13-5-4-6-14(11-13)32(29,30)25-16-8-3-2-7-15(16)22/h2-11,25H,12H2,1H3,(H,23,24,27). The lowest BCUT2D eigenvalue weighted by molar-refractivity contribution is 0.0781. The first-order valence-corrected chi connectivity index (χ1v) is 11.7. The molecule has 32 heavy (non-hydrogen) atoms. The predicted molar refractivity (Wildman–Crippen MR) is 120 cm³/mol. The minimum absolute atomic E-state index is 0.0182. The molecule has 0 radical (unpaired) electrons. The summed E-state index contributed by atoms with van der Waals surface area (Å²) < 4.78 is 41.9. The Kier molecular flexibility index (Phi) is 5.76. The molecule has 1 amide bonds. The van der Waals surface area contributed by atoms with Crippen LogP contribution < -0.4 is 10.3 Å². The normalized spacial score (nSPS) is 11.4. The summed E-state index contributed by atoms with van der Waals surface area (Å²) in [6.07, 6.45) is 0. The molecule has 0 spiro atoms. The molecule has 0 fully saturated rings. The predicted octanol–water partition coefficient (Wildman–Crippen LogP) is 3.20. The first-order chi connectivity index (χ1) is 15.2. The summed E-state index contributed by atoms with van der Waals surface area (Å²) in [6.45, 7) is 0.0182. The Balaban J connectivity index is 1.55. The fraction of sp³-hybridized carbons (Fsp3) is 0.0952. The van der Waals surface area contributed by atoms with E-state index >= 15 is 0 Å². The van der Waals surface area contributed by atoms with Gasteiger partial charge in [0, 0.05) is 12.6 Å². The number of carbonyl (C=O) groups is 1. The largest absolute Gasteiger partial charge is 0.334 e. The molecule has 0 saturated carbocycles. The van der Waals surface area contributed by atoms with Crippen molar-refractivity contribution < 1.29 is 17.6 Å². The first-order valence-electron chi connectivity index (χ1n) is 9.34. The SMILES string of the molecule is CN(Cc1nc2ccsc2c(=O)[nH]1)C(=O)c1cccc(S(=O)(=O)Nc2ccccc2F)c1. The third kappa shape index (κ3) is 4.39. The number of para-hydroxylation sites is 1. The molecular weight excluding hydrogens is 455 g/mol. The highest BCUT2D eigenvalue weighted by Crippen LogP contribution is 2.20. The molecule has 2 aromatic heterocycles. The average molecular weight is 473 g/mol. The van der Waals surface area contributed by atoms with Crippen LogP contribution in [0, 0.1) is 5.82 Å². The van der Waals surface area contributed by atoms with Gasteiger partial charge in [0.1, 0.15) is 16.3 Å². The van der Waals surface area contributed by atoms with Crippen LogP contribution >= 0.6 is 11.3 Å². The van der Waals surface area contributed by atoms with Gasteiger partial charge in [0.25, 0.3) is 21.5 Å². The summed E-state index contributed by atoms with van der Waals surface area (Å²) in [6, 6.07) is 12.5. The molecule has 11 heteroatoms. The van der Waals surface area contributed by atoms with Crippen molar-refractivity contribution >= 4 is 43.2 Å². The summed E-state index contributed by atoms with van der Waals surface area (Å²) >= 11 is 1.28. The molecular formula is C21H17FN4O4S2. The van der Waals surface area contributed by atoms with Gasteiger partial charge in [0.15, 0.2) is 0 Å².